The van der Waals surface area contributed by atoms with E-state index < -0.39 is 0 Å². The molecule has 25 heavy (non-hydrogen) atoms. The fourth-order valence-corrected chi connectivity index (χ4v) is 2.43. The average molecular weight is 340 g/mol. The zero-order valence-electron chi connectivity index (χ0n) is 14.3. The topological polar surface area (TPSA) is 98.7 Å². The molecule has 1 N–H and O–H groups in total. The predicted octanol–water partition coefficient (Wildman–Crippen LogP) is 1.91. The summed E-state index contributed by atoms with van der Waals surface area (Å²) in [7, 11) is 0. The third-order valence-electron chi connectivity index (χ3n) is 3.67. The van der Waals surface area contributed by atoms with Gasteiger partial charge in [0, 0.05) is 38.3 Å². The Hall–Kier alpha value is -3.03. The Morgan fingerprint density at radius 1 is 1.36 bits per heavy atom. The fraction of sp³-hybridized carbons (Fsp3) is 0.353. The SMILES string of the molecule is CCn1nc(C)cc1-c1nnc(CCC(=O)NCc2cccnc2)o1. The normalized spacial score (nSPS) is 10.8. The van der Waals surface area contributed by atoms with Crippen molar-refractivity contribution in [1.29, 1.82) is 0 Å². The van der Waals surface area contributed by atoms with Crippen LogP contribution in [0.3, 0.4) is 0 Å². The van der Waals surface area contributed by atoms with Crippen molar-refractivity contribution in [2.75, 3.05) is 0 Å². The highest BCUT2D eigenvalue weighted by atomic mass is 16.4. The van der Waals surface area contributed by atoms with Crippen molar-refractivity contribution >= 4 is 5.91 Å². The van der Waals surface area contributed by atoms with E-state index >= 15 is 0 Å². The first-order valence-electron chi connectivity index (χ1n) is 8.18. The Balaban J connectivity index is 1.54. The second-order valence-electron chi connectivity index (χ2n) is 5.63. The van der Waals surface area contributed by atoms with Crippen LogP contribution >= 0.6 is 0 Å². The number of pyridine rings is 1. The molecule has 0 fully saturated rings. The molecule has 0 aromatic carbocycles. The number of rotatable bonds is 7. The molecule has 0 aliphatic rings. The first kappa shape index (κ1) is 16.8. The third-order valence-corrected chi connectivity index (χ3v) is 3.67. The van der Waals surface area contributed by atoms with Gasteiger partial charge in [-0.25, -0.2) is 0 Å². The summed E-state index contributed by atoms with van der Waals surface area (Å²) in [5.74, 6) is 0.791. The largest absolute Gasteiger partial charge is 0.419 e. The molecule has 1 amide bonds. The summed E-state index contributed by atoms with van der Waals surface area (Å²) < 4.78 is 7.48. The molecule has 3 aromatic heterocycles. The van der Waals surface area contributed by atoms with Gasteiger partial charge in [-0.2, -0.15) is 5.10 Å². The van der Waals surface area contributed by atoms with E-state index in [2.05, 4.69) is 25.6 Å². The van der Waals surface area contributed by atoms with Gasteiger partial charge in [-0.3, -0.25) is 14.5 Å². The van der Waals surface area contributed by atoms with Crippen molar-refractivity contribution in [2.24, 2.45) is 0 Å². The summed E-state index contributed by atoms with van der Waals surface area (Å²) in [6.07, 6.45) is 4.10. The minimum atomic E-state index is -0.0713. The lowest BCUT2D eigenvalue weighted by atomic mass is 10.2. The number of hydrogen-bond donors (Lipinski definition) is 1. The zero-order valence-corrected chi connectivity index (χ0v) is 14.3. The van der Waals surface area contributed by atoms with Crippen LogP contribution in [0, 0.1) is 6.92 Å². The van der Waals surface area contributed by atoms with Gasteiger partial charge in [-0.1, -0.05) is 6.07 Å². The summed E-state index contributed by atoms with van der Waals surface area (Å²) in [6.45, 7) is 5.09. The van der Waals surface area contributed by atoms with Gasteiger partial charge in [-0.15, -0.1) is 10.2 Å². The molecule has 0 aliphatic carbocycles. The van der Waals surface area contributed by atoms with Crippen molar-refractivity contribution in [1.82, 2.24) is 30.3 Å². The molecular weight excluding hydrogens is 320 g/mol. The van der Waals surface area contributed by atoms with Crippen LogP contribution in [0.4, 0.5) is 0 Å². The van der Waals surface area contributed by atoms with E-state index in [4.69, 9.17) is 4.42 Å². The molecule has 8 heteroatoms. The molecule has 0 unspecified atom stereocenters. The smallest absolute Gasteiger partial charge is 0.265 e. The molecular formula is C17H20N6O2. The number of carbonyl (C=O) groups excluding carboxylic acids is 1. The van der Waals surface area contributed by atoms with Gasteiger partial charge in [-0.05, 0) is 31.5 Å². The number of hydrogen-bond acceptors (Lipinski definition) is 6. The van der Waals surface area contributed by atoms with Crippen molar-refractivity contribution in [2.45, 2.75) is 39.8 Å². The van der Waals surface area contributed by atoms with Crippen LogP contribution in [0.1, 0.15) is 30.5 Å². The molecule has 0 radical (unpaired) electrons. The molecule has 8 nitrogen and oxygen atoms in total. The van der Waals surface area contributed by atoms with Crippen molar-refractivity contribution < 1.29 is 9.21 Å². The summed E-state index contributed by atoms with van der Waals surface area (Å²) in [6, 6.07) is 5.65. The number of nitrogens with one attached hydrogen (secondary N) is 1. The Kier molecular flexibility index (Phi) is 5.17. The van der Waals surface area contributed by atoms with Crippen LogP contribution in [0.15, 0.2) is 35.0 Å². The van der Waals surface area contributed by atoms with Gasteiger partial charge >= 0.3 is 0 Å². The van der Waals surface area contributed by atoms with E-state index in [1.165, 1.54) is 0 Å². The molecule has 0 saturated carbocycles. The number of aryl methyl sites for hydroxylation is 3. The second-order valence-corrected chi connectivity index (χ2v) is 5.63. The molecule has 0 bridgehead atoms. The number of amides is 1. The summed E-state index contributed by atoms with van der Waals surface area (Å²) in [5.41, 5.74) is 2.64. The lowest BCUT2D eigenvalue weighted by Gasteiger charge is -2.03. The standard InChI is InChI=1S/C17H20N6O2/c1-3-23-14(9-12(2)22-23)17-21-20-16(25-17)7-6-15(24)19-11-13-5-4-8-18-10-13/h4-5,8-10H,3,6-7,11H2,1-2H3,(H,19,24). The first-order valence-corrected chi connectivity index (χ1v) is 8.18. The Morgan fingerprint density at radius 3 is 3.00 bits per heavy atom. The van der Waals surface area contributed by atoms with Gasteiger partial charge in [0.25, 0.3) is 5.89 Å². The lowest BCUT2D eigenvalue weighted by molar-refractivity contribution is -0.121. The molecule has 0 aliphatic heterocycles. The minimum absolute atomic E-state index is 0.0713. The quantitative estimate of drug-likeness (QED) is 0.705. The summed E-state index contributed by atoms with van der Waals surface area (Å²) in [4.78, 5) is 15.9. The van der Waals surface area contributed by atoms with Gasteiger partial charge in [0.1, 0.15) is 5.69 Å². The van der Waals surface area contributed by atoms with Crippen LogP contribution in [0.2, 0.25) is 0 Å². The monoisotopic (exact) mass is 340 g/mol. The van der Waals surface area contributed by atoms with E-state index in [1.54, 1.807) is 12.4 Å². The molecule has 3 aromatic rings. The van der Waals surface area contributed by atoms with Crippen LogP contribution in [-0.4, -0.2) is 30.9 Å². The van der Waals surface area contributed by atoms with E-state index in [9.17, 15) is 4.79 Å². The van der Waals surface area contributed by atoms with Gasteiger partial charge in [0.05, 0.1) is 5.69 Å². The Morgan fingerprint density at radius 2 is 2.24 bits per heavy atom. The highest BCUT2D eigenvalue weighted by Gasteiger charge is 2.15. The number of aromatic nitrogens is 5. The molecule has 3 rings (SSSR count). The van der Waals surface area contributed by atoms with E-state index in [0.29, 0.717) is 24.7 Å². The van der Waals surface area contributed by atoms with Gasteiger partial charge in [0.15, 0.2) is 0 Å². The van der Waals surface area contributed by atoms with Crippen molar-refractivity contribution in [3.05, 3.63) is 47.7 Å². The van der Waals surface area contributed by atoms with E-state index in [-0.39, 0.29) is 12.3 Å². The third kappa shape index (κ3) is 4.28. The minimum Gasteiger partial charge on any atom is -0.419 e. The summed E-state index contributed by atoms with van der Waals surface area (Å²) >= 11 is 0. The zero-order chi connectivity index (χ0) is 17.6. The molecule has 0 spiro atoms. The maximum atomic E-state index is 11.9. The highest BCUT2D eigenvalue weighted by molar-refractivity contribution is 5.76. The fourth-order valence-electron chi connectivity index (χ4n) is 2.43. The first-order chi connectivity index (χ1) is 12.2. The van der Waals surface area contributed by atoms with Gasteiger partial charge < -0.3 is 9.73 Å². The van der Waals surface area contributed by atoms with Crippen LogP contribution in [-0.2, 0) is 24.3 Å². The number of nitrogens with zero attached hydrogens (tertiary/aromatic N) is 5. The lowest BCUT2D eigenvalue weighted by Crippen LogP contribution is -2.23. The number of carbonyl (C=O) groups is 1. The van der Waals surface area contributed by atoms with Crippen molar-refractivity contribution in [3.8, 4) is 11.6 Å². The Labute approximate surface area is 145 Å². The van der Waals surface area contributed by atoms with Crippen LogP contribution < -0.4 is 5.32 Å². The molecule has 3 heterocycles. The van der Waals surface area contributed by atoms with Crippen LogP contribution in [0.5, 0.6) is 0 Å². The van der Waals surface area contributed by atoms with E-state index in [1.807, 2.05) is 36.7 Å². The predicted molar refractivity (Wildman–Crippen MR) is 90.3 cm³/mol. The maximum absolute atomic E-state index is 11.9. The molecule has 130 valence electrons. The molecule has 0 atom stereocenters. The van der Waals surface area contributed by atoms with Crippen LogP contribution in [0.25, 0.3) is 11.6 Å². The second kappa shape index (κ2) is 7.69. The van der Waals surface area contributed by atoms with Crippen molar-refractivity contribution in [3.63, 3.8) is 0 Å². The van der Waals surface area contributed by atoms with Gasteiger partial charge in [0.2, 0.25) is 11.8 Å². The Bertz CT molecular complexity index is 840. The average Bonchev–Trinajstić information content (AvgIpc) is 3.25. The summed E-state index contributed by atoms with van der Waals surface area (Å²) in [5, 5.41) is 15.3. The van der Waals surface area contributed by atoms with E-state index in [0.717, 1.165) is 23.5 Å². The molecule has 0 saturated heterocycles. The maximum Gasteiger partial charge on any atom is 0.265 e. The highest BCUT2D eigenvalue weighted by Crippen LogP contribution is 2.19.